The molecule has 1 aliphatic heterocycles. The maximum Gasteiger partial charge on any atom is 0.200 e. The molecule has 1 aliphatic rings. The Kier molecular flexibility index (Phi) is 9.46. The lowest BCUT2D eigenvalue weighted by molar-refractivity contribution is -0.119. The molecule has 0 bridgehead atoms. The van der Waals surface area contributed by atoms with Crippen LogP contribution < -0.4 is 9.47 Å². The molecular formula is C25H31IO4. The minimum atomic E-state index is -0.186. The summed E-state index contributed by atoms with van der Waals surface area (Å²) < 4.78 is 18.4. The Labute approximate surface area is 193 Å². The minimum absolute atomic E-state index is 0.186. The van der Waals surface area contributed by atoms with Crippen LogP contribution in [0, 0.1) is 3.57 Å². The summed E-state index contributed by atoms with van der Waals surface area (Å²) in [5, 5.41) is 0. The van der Waals surface area contributed by atoms with E-state index in [2.05, 4.69) is 59.0 Å². The van der Waals surface area contributed by atoms with E-state index in [9.17, 15) is 4.79 Å². The number of aryl methyl sites for hydroxylation is 2. The Morgan fingerprint density at radius 1 is 1.00 bits per heavy atom. The third-order valence-corrected chi connectivity index (χ3v) is 6.12. The van der Waals surface area contributed by atoms with Gasteiger partial charge in [-0.15, -0.1) is 0 Å². The van der Waals surface area contributed by atoms with E-state index in [1.165, 1.54) is 14.7 Å². The lowest BCUT2D eigenvalue weighted by Crippen LogP contribution is -2.25. The molecule has 0 radical (unpaired) electrons. The van der Waals surface area contributed by atoms with E-state index in [0.29, 0.717) is 18.6 Å². The summed E-state index contributed by atoms with van der Waals surface area (Å²) >= 11 is 2.30. The van der Waals surface area contributed by atoms with Crippen LogP contribution >= 0.6 is 22.6 Å². The Morgan fingerprint density at radius 2 is 1.80 bits per heavy atom. The first-order valence-corrected chi connectivity index (χ1v) is 11.9. The van der Waals surface area contributed by atoms with Crippen LogP contribution in [0.5, 0.6) is 11.5 Å². The van der Waals surface area contributed by atoms with Crippen molar-refractivity contribution in [3.8, 4) is 11.5 Å². The van der Waals surface area contributed by atoms with Crippen molar-refractivity contribution < 1.29 is 19.0 Å². The molecule has 1 heterocycles. The van der Waals surface area contributed by atoms with E-state index < -0.39 is 0 Å². The highest BCUT2D eigenvalue weighted by molar-refractivity contribution is 14.1. The average molecular weight is 522 g/mol. The number of hydrogen-bond donors (Lipinski definition) is 0. The number of halogens is 1. The third-order valence-electron chi connectivity index (χ3n) is 5.40. The number of Topliss-reactive ketones (excluding diaryl/α,β-unsaturated/α-hetero) is 1. The van der Waals surface area contributed by atoms with Crippen LogP contribution in [0.25, 0.3) is 0 Å². The molecule has 1 fully saturated rings. The van der Waals surface area contributed by atoms with Gasteiger partial charge in [-0.3, -0.25) is 4.79 Å². The van der Waals surface area contributed by atoms with Crippen LogP contribution in [0.4, 0.5) is 0 Å². The Hall–Kier alpha value is -1.60. The molecule has 0 aliphatic carbocycles. The molecule has 0 N–H and O–H groups in total. The highest BCUT2D eigenvalue weighted by Crippen LogP contribution is 2.31. The lowest BCUT2D eigenvalue weighted by Gasteiger charge is -2.24. The van der Waals surface area contributed by atoms with Gasteiger partial charge in [0.2, 0.25) is 0 Å². The standard InChI is InChI=1S/C25H31IO4/c1-28-23-16-12-20(18-24(23)30-25-8-4-5-17-29-25)6-2-3-7-22(27)15-11-19-9-13-21(26)14-10-19/h9-10,12-14,16,18,25H,2-8,11,15,17H2,1H3. The lowest BCUT2D eigenvalue weighted by atomic mass is 10.0. The van der Waals surface area contributed by atoms with Gasteiger partial charge in [-0.2, -0.15) is 0 Å². The van der Waals surface area contributed by atoms with Crippen LogP contribution in [0.15, 0.2) is 42.5 Å². The SMILES string of the molecule is COc1ccc(CCCCC(=O)CCc2ccc(I)cc2)cc1OC1CCCCO1. The fraction of sp³-hybridized carbons (Fsp3) is 0.480. The first kappa shape index (κ1) is 23.1. The fourth-order valence-corrected chi connectivity index (χ4v) is 3.99. The summed E-state index contributed by atoms with van der Waals surface area (Å²) in [6.45, 7) is 0.754. The number of benzene rings is 2. The first-order valence-electron chi connectivity index (χ1n) is 10.9. The normalized spacial score (nSPS) is 16.3. The number of hydrogen-bond acceptors (Lipinski definition) is 4. The second-order valence-corrected chi connectivity index (χ2v) is 9.02. The number of carbonyl (C=O) groups excluding carboxylic acids is 1. The number of ether oxygens (including phenoxy) is 3. The van der Waals surface area contributed by atoms with Gasteiger partial charge < -0.3 is 14.2 Å². The number of carbonyl (C=O) groups is 1. The predicted octanol–water partition coefficient (Wildman–Crippen LogP) is 6.12. The van der Waals surface area contributed by atoms with Gasteiger partial charge in [0.1, 0.15) is 5.78 Å². The smallest absolute Gasteiger partial charge is 0.200 e. The van der Waals surface area contributed by atoms with Crippen molar-refractivity contribution in [2.45, 2.75) is 64.1 Å². The molecule has 2 aromatic carbocycles. The number of ketones is 1. The molecule has 30 heavy (non-hydrogen) atoms. The zero-order chi connectivity index (χ0) is 21.2. The van der Waals surface area contributed by atoms with Crippen molar-refractivity contribution in [1.29, 1.82) is 0 Å². The van der Waals surface area contributed by atoms with Crippen molar-refractivity contribution in [3.63, 3.8) is 0 Å². The van der Waals surface area contributed by atoms with Crippen LogP contribution in [0.1, 0.15) is 56.1 Å². The number of rotatable bonds is 11. The molecule has 1 atom stereocenters. The van der Waals surface area contributed by atoms with Gasteiger partial charge in [-0.25, -0.2) is 0 Å². The van der Waals surface area contributed by atoms with Crippen molar-refractivity contribution in [2.24, 2.45) is 0 Å². The molecule has 0 saturated carbocycles. The Balaban J connectivity index is 1.40. The zero-order valence-electron chi connectivity index (χ0n) is 17.7. The highest BCUT2D eigenvalue weighted by Gasteiger charge is 2.17. The Bertz CT molecular complexity index is 797. The molecule has 0 aromatic heterocycles. The summed E-state index contributed by atoms with van der Waals surface area (Å²) in [6, 6.07) is 14.5. The maximum atomic E-state index is 12.2. The second kappa shape index (κ2) is 12.3. The van der Waals surface area contributed by atoms with Crippen LogP contribution in [0.3, 0.4) is 0 Å². The van der Waals surface area contributed by atoms with E-state index in [1.807, 2.05) is 6.07 Å². The van der Waals surface area contributed by atoms with Gasteiger partial charge in [0, 0.05) is 22.8 Å². The molecule has 162 valence electrons. The maximum absolute atomic E-state index is 12.2. The average Bonchev–Trinajstić information content (AvgIpc) is 2.77. The van der Waals surface area contributed by atoms with Gasteiger partial charge in [0.25, 0.3) is 0 Å². The van der Waals surface area contributed by atoms with E-state index >= 15 is 0 Å². The van der Waals surface area contributed by atoms with Crippen LogP contribution in [0.2, 0.25) is 0 Å². The summed E-state index contributed by atoms with van der Waals surface area (Å²) in [6.07, 6.45) is 7.90. The Morgan fingerprint density at radius 3 is 2.53 bits per heavy atom. The van der Waals surface area contributed by atoms with Crippen molar-refractivity contribution in [2.75, 3.05) is 13.7 Å². The van der Waals surface area contributed by atoms with Crippen LogP contribution in [-0.2, 0) is 22.4 Å². The third kappa shape index (κ3) is 7.58. The van der Waals surface area contributed by atoms with E-state index in [1.54, 1.807) is 7.11 Å². The molecule has 1 unspecified atom stereocenters. The zero-order valence-corrected chi connectivity index (χ0v) is 19.9. The monoisotopic (exact) mass is 522 g/mol. The number of methoxy groups -OCH3 is 1. The summed E-state index contributed by atoms with van der Waals surface area (Å²) in [4.78, 5) is 12.2. The van der Waals surface area contributed by atoms with Gasteiger partial charge in [0.05, 0.1) is 13.7 Å². The van der Waals surface area contributed by atoms with E-state index in [0.717, 1.165) is 63.1 Å². The van der Waals surface area contributed by atoms with Crippen molar-refractivity contribution >= 4 is 28.4 Å². The van der Waals surface area contributed by atoms with Crippen molar-refractivity contribution in [1.82, 2.24) is 0 Å². The van der Waals surface area contributed by atoms with E-state index in [-0.39, 0.29) is 6.29 Å². The summed E-state index contributed by atoms with van der Waals surface area (Å²) in [5.41, 5.74) is 2.43. The van der Waals surface area contributed by atoms with Gasteiger partial charge >= 0.3 is 0 Å². The second-order valence-electron chi connectivity index (χ2n) is 7.77. The van der Waals surface area contributed by atoms with Gasteiger partial charge in [0.15, 0.2) is 17.8 Å². The molecule has 1 saturated heterocycles. The summed E-state index contributed by atoms with van der Waals surface area (Å²) in [5.74, 6) is 1.83. The van der Waals surface area contributed by atoms with Crippen LogP contribution in [-0.4, -0.2) is 25.8 Å². The summed E-state index contributed by atoms with van der Waals surface area (Å²) in [7, 11) is 1.66. The molecular weight excluding hydrogens is 491 g/mol. The molecule has 0 amide bonds. The van der Waals surface area contributed by atoms with Gasteiger partial charge in [-0.05, 0) is 96.5 Å². The molecule has 4 nitrogen and oxygen atoms in total. The molecule has 0 spiro atoms. The van der Waals surface area contributed by atoms with Crippen molar-refractivity contribution in [3.05, 3.63) is 57.2 Å². The number of unbranched alkanes of at least 4 members (excludes halogenated alkanes) is 1. The van der Waals surface area contributed by atoms with Gasteiger partial charge in [-0.1, -0.05) is 18.2 Å². The highest BCUT2D eigenvalue weighted by atomic mass is 127. The fourth-order valence-electron chi connectivity index (χ4n) is 3.63. The minimum Gasteiger partial charge on any atom is -0.493 e. The molecule has 3 rings (SSSR count). The molecule has 5 heteroatoms. The predicted molar refractivity (Wildman–Crippen MR) is 127 cm³/mol. The van der Waals surface area contributed by atoms with E-state index in [4.69, 9.17) is 14.2 Å². The quantitative estimate of drug-likeness (QED) is 0.264. The topological polar surface area (TPSA) is 44.8 Å². The molecule has 2 aromatic rings. The largest absolute Gasteiger partial charge is 0.493 e. The first-order chi connectivity index (χ1) is 14.6.